The number of hydrogen-bond donors (Lipinski definition) is 1. The fraction of sp³-hybridized carbons (Fsp3) is 0.276. The smallest absolute Gasteiger partial charge is 0.230 e. The number of rotatable bonds is 6. The van der Waals surface area contributed by atoms with Crippen molar-refractivity contribution in [3.8, 4) is 11.4 Å². The number of fused-ring (bicyclic) bond motifs is 1. The average molecular weight is 499 g/mol. The molecular formula is C29H27FN4O3. The third kappa shape index (κ3) is 3.58. The van der Waals surface area contributed by atoms with Crippen LogP contribution in [-0.2, 0) is 9.59 Å². The van der Waals surface area contributed by atoms with Crippen molar-refractivity contribution in [3.05, 3.63) is 84.3 Å². The molecule has 2 N–H and O–H groups in total. The third-order valence-electron chi connectivity index (χ3n) is 8.06. The molecule has 8 heteroatoms. The van der Waals surface area contributed by atoms with Crippen molar-refractivity contribution in [2.75, 3.05) is 12.0 Å². The van der Waals surface area contributed by atoms with E-state index in [0.29, 0.717) is 12.8 Å². The van der Waals surface area contributed by atoms with E-state index < -0.39 is 5.41 Å². The van der Waals surface area contributed by atoms with Gasteiger partial charge in [0.1, 0.15) is 11.6 Å². The van der Waals surface area contributed by atoms with Gasteiger partial charge in [0.15, 0.2) is 0 Å². The summed E-state index contributed by atoms with van der Waals surface area (Å²) in [6, 6.07) is 19.2. The first-order chi connectivity index (χ1) is 17.8. The van der Waals surface area contributed by atoms with Crippen molar-refractivity contribution in [1.29, 1.82) is 0 Å². The molecule has 3 atom stereocenters. The van der Waals surface area contributed by atoms with E-state index in [9.17, 15) is 14.0 Å². The van der Waals surface area contributed by atoms with Gasteiger partial charge in [-0.3, -0.25) is 9.59 Å². The number of nitrogens with two attached hydrogens (primary N) is 1. The predicted octanol–water partition coefficient (Wildman–Crippen LogP) is 4.78. The van der Waals surface area contributed by atoms with Crippen LogP contribution in [-0.4, -0.2) is 28.7 Å². The first-order valence-electron chi connectivity index (χ1n) is 12.3. The van der Waals surface area contributed by atoms with Gasteiger partial charge < -0.3 is 15.4 Å². The van der Waals surface area contributed by atoms with E-state index in [1.165, 1.54) is 12.1 Å². The van der Waals surface area contributed by atoms with Crippen LogP contribution >= 0.6 is 0 Å². The Labute approximate surface area is 213 Å². The van der Waals surface area contributed by atoms with Gasteiger partial charge in [-0.2, -0.15) is 5.10 Å². The number of carbonyl (C=O) groups excluding carboxylic acids is 2. The molecule has 1 aromatic heterocycles. The molecule has 0 bridgehead atoms. The van der Waals surface area contributed by atoms with E-state index in [1.807, 2.05) is 54.3 Å². The Hall–Kier alpha value is -4.20. The van der Waals surface area contributed by atoms with Gasteiger partial charge in [0, 0.05) is 22.9 Å². The maximum atomic E-state index is 13.8. The van der Waals surface area contributed by atoms with Gasteiger partial charge in [-0.1, -0.05) is 19.1 Å². The van der Waals surface area contributed by atoms with E-state index in [1.54, 1.807) is 30.1 Å². The average Bonchev–Trinajstić information content (AvgIpc) is 3.54. The number of hydrogen-bond acceptors (Lipinski definition) is 4. The molecule has 3 aromatic carbocycles. The summed E-state index contributed by atoms with van der Waals surface area (Å²) in [6.45, 7) is 1.90. The van der Waals surface area contributed by atoms with Crippen LogP contribution in [0.2, 0.25) is 0 Å². The summed E-state index contributed by atoms with van der Waals surface area (Å²) in [7, 11) is 1.61. The van der Waals surface area contributed by atoms with E-state index in [4.69, 9.17) is 10.5 Å². The lowest BCUT2D eigenvalue weighted by atomic mass is 9.75. The zero-order chi connectivity index (χ0) is 25.9. The molecular weight excluding hydrogens is 471 g/mol. The van der Waals surface area contributed by atoms with E-state index in [-0.39, 0.29) is 35.5 Å². The normalized spacial score (nSPS) is 22.4. The lowest BCUT2D eigenvalue weighted by Gasteiger charge is -2.32. The van der Waals surface area contributed by atoms with Crippen LogP contribution in [0.3, 0.4) is 0 Å². The first kappa shape index (κ1) is 23.2. The minimum Gasteiger partial charge on any atom is -0.497 e. The minimum absolute atomic E-state index is 0.0383. The van der Waals surface area contributed by atoms with Crippen molar-refractivity contribution in [3.63, 3.8) is 0 Å². The number of amides is 2. The van der Waals surface area contributed by atoms with Crippen LogP contribution in [0.4, 0.5) is 10.1 Å². The number of benzene rings is 3. The van der Waals surface area contributed by atoms with Crippen molar-refractivity contribution >= 4 is 28.4 Å². The molecule has 6 rings (SSSR count). The quantitative estimate of drug-likeness (QED) is 0.414. The van der Waals surface area contributed by atoms with Crippen LogP contribution in [0, 0.1) is 23.1 Å². The molecule has 2 amide bonds. The third-order valence-corrected chi connectivity index (χ3v) is 8.06. The van der Waals surface area contributed by atoms with Crippen molar-refractivity contribution in [2.24, 2.45) is 23.0 Å². The Morgan fingerprint density at radius 1 is 1.05 bits per heavy atom. The van der Waals surface area contributed by atoms with E-state index in [0.717, 1.165) is 33.6 Å². The van der Waals surface area contributed by atoms with Crippen LogP contribution in [0.5, 0.6) is 5.75 Å². The van der Waals surface area contributed by atoms with Crippen molar-refractivity contribution in [2.45, 2.75) is 25.8 Å². The number of carbonyl (C=O) groups is 2. The molecule has 2 fully saturated rings. The molecule has 4 aromatic rings. The largest absolute Gasteiger partial charge is 0.497 e. The Balaban J connectivity index is 1.46. The summed E-state index contributed by atoms with van der Waals surface area (Å²) in [5.74, 6) is -0.594. The zero-order valence-corrected chi connectivity index (χ0v) is 20.6. The highest BCUT2D eigenvalue weighted by atomic mass is 19.1. The molecule has 2 heterocycles. The lowest BCUT2D eigenvalue weighted by Crippen LogP contribution is -2.37. The Bertz CT molecular complexity index is 1510. The second kappa shape index (κ2) is 8.44. The maximum Gasteiger partial charge on any atom is 0.230 e. The van der Waals surface area contributed by atoms with Gasteiger partial charge in [-0.15, -0.1) is 0 Å². The Morgan fingerprint density at radius 2 is 1.73 bits per heavy atom. The highest BCUT2D eigenvalue weighted by Crippen LogP contribution is 2.62. The van der Waals surface area contributed by atoms with Crippen LogP contribution in [0.25, 0.3) is 16.6 Å². The van der Waals surface area contributed by atoms with Gasteiger partial charge in [0.05, 0.1) is 36.0 Å². The number of anilines is 1. The molecule has 1 saturated heterocycles. The zero-order valence-electron chi connectivity index (χ0n) is 20.6. The summed E-state index contributed by atoms with van der Waals surface area (Å²) in [4.78, 5) is 28.2. The standard InChI is InChI=1S/C29H27FN4O3/c1-17-25(29(13-14-29)28(31)36)26(18-3-10-23(37-2)11-4-18)33(27(17)35)22-9-12-24-19(15-22)16-32-34(24)21-7-5-20(30)6-8-21/h3-12,15-17,25-26H,13-14H2,1-2H3,(H2,31,36)/t17-,25+,26-/m0/s1. The second-order valence-corrected chi connectivity index (χ2v) is 10.0. The molecule has 37 heavy (non-hydrogen) atoms. The van der Waals surface area contributed by atoms with Crippen LogP contribution in [0.1, 0.15) is 31.4 Å². The lowest BCUT2D eigenvalue weighted by molar-refractivity contribution is -0.126. The van der Waals surface area contributed by atoms with Gasteiger partial charge in [-0.25, -0.2) is 9.07 Å². The summed E-state index contributed by atoms with van der Waals surface area (Å²) < 4.78 is 20.5. The summed E-state index contributed by atoms with van der Waals surface area (Å²) in [5.41, 5.74) is 8.45. The van der Waals surface area contributed by atoms with Gasteiger partial charge >= 0.3 is 0 Å². The number of primary amides is 1. The molecule has 1 aliphatic heterocycles. The highest BCUT2D eigenvalue weighted by Gasteiger charge is 2.64. The molecule has 188 valence electrons. The summed E-state index contributed by atoms with van der Waals surface area (Å²) in [5, 5.41) is 5.34. The van der Waals surface area contributed by atoms with Gasteiger partial charge in [0.25, 0.3) is 0 Å². The molecule has 0 radical (unpaired) electrons. The van der Waals surface area contributed by atoms with Crippen LogP contribution in [0.15, 0.2) is 72.9 Å². The SMILES string of the molecule is COc1ccc([C@H]2[C@H](C3(C(N)=O)CC3)[C@H](C)C(=O)N2c2ccc3c(cnn3-c3ccc(F)cc3)c2)cc1. The number of halogens is 1. The van der Waals surface area contributed by atoms with Crippen molar-refractivity contribution < 1.29 is 18.7 Å². The first-order valence-corrected chi connectivity index (χ1v) is 12.3. The predicted molar refractivity (Wildman–Crippen MR) is 138 cm³/mol. The Morgan fingerprint density at radius 3 is 2.35 bits per heavy atom. The minimum atomic E-state index is -0.689. The summed E-state index contributed by atoms with van der Waals surface area (Å²) in [6.07, 6.45) is 3.11. The van der Waals surface area contributed by atoms with Crippen LogP contribution < -0.4 is 15.4 Å². The van der Waals surface area contributed by atoms with E-state index in [2.05, 4.69) is 5.10 Å². The number of nitrogens with zero attached hydrogens (tertiary/aromatic N) is 3. The maximum absolute atomic E-state index is 13.8. The highest BCUT2D eigenvalue weighted by molar-refractivity contribution is 6.01. The number of ether oxygens (including phenoxy) is 1. The monoisotopic (exact) mass is 498 g/mol. The van der Waals surface area contributed by atoms with Crippen molar-refractivity contribution in [1.82, 2.24) is 9.78 Å². The second-order valence-electron chi connectivity index (χ2n) is 10.0. The molecule has 1 aliphatic carbocycles. The number of methoxy groups -OCH3 is 1. The molecule has 7 nitrogen and oxygen atoms in total. The molecule has 1 saturated carbocycles. The fourth-order valence-electron chi connectivity index (χ4n) is 6.01. The fourth-order valence-corrected chi connectivity index (χ4v) is 6.01. The molecule has 2 aliphatic rings. The van der Waals surface area contributed by atoms with Gasteiger partial charge in [-0.05, 0) is 73.0 Å². The molecule has 0 unspecified atom stereocenters. The number of aromatic nitrogens is 2. The van der Waals surface area contributed by atoms with E-state index >= 15 is 0 Å². The summed E-state index contributed by atoms with van der Waals surface area (Å²) >= 11 is 0. The topological polar surface area (TPSA) is 90.4 Å². The molecule has 0 spiro atoms. The van der Waals surface area contributed by atoms with Gasteiger partial charge in [0.2, 0.25) is 11.8 Å². The Kier molecular flexibility index (Phi) is 5.29.